The monoisotopic (exact) mass is 401 g/mol. The van der Waals surface area contributed by atoms with Crippen LogP contribution in [0.3, 0.4) is 0 Å². The SMILES string of the molecule is Cc1nc(Br)cc(Oc2c(C)cc(Br)cc2[N+](=O)[O-])n1. The molecule has 1 heterocycles. The highest BCUT2D eigenvalue weighted by molar-refractivity contribution is 9.10. The van der Waals surface area contributed by atoms with Crippen LogP contribution in [0.2, 0.25) is 0 Å². The van der Waals surface area contributed by atoms with E-state index < -0.39 is 4.92 Å². The lowest BCUT2D eigenvalue weighted by Crippen LogP contribution is -1.99. The standard InChI is InChI=1S/C12H9Br2N3O3/c1-6-3-8(13)4-9(17(18)19)12(6)20-11-5-10(14)15-7(2)16-11/h3-5H,1-2H3. The summed E-state index contributed by atoms with van der Waals surface area (Å²) in [4.78, 5) is 18.8. The van der Waals surface area contributed by atoms with E-state index in [1.165, 1.54) is 6.07 Å². The number of nitro groups is 1. The second-order valence-electron chi connectivity index (χ2n) is 4.01. The number of hydrogen-bond acceptors (Lipinski definition) is 5. The number of ether oxygens (including phenoxy) is 1. The number of nitro benzene ring substituents is 1. The summed E-state index contributed by atoms with van der Waals surface area (Å²) in [7, 11) is 0. The number of aryl methyl sites for hydroxylation is 2. The Morgan fingerprint density at radius 1 is 1.20 bits per heavy atom. The van der Waals surface area contributed by atoms with Crippen molar-refractivity contribution in [2.75, 3.05) is 0 Å². The molecule has 104 valence electrons. The molecule has 0 atom stereocenters. The Labute approximate surface area is 131 Å². The van der Waals surface area contributed by atoms with Crippen LogP contribution in [-0.2, 0) is 0 Å². The van der Waals surface area contributed by atoms with Gasteiger partial charge in [0, 0.05) is 22.2 Å². The number of halogens is 2. The number of aromatic nitrogens is 2. The van der Waals surface area contributed by atoms with E-state index in [9.17, 15) is 10.1 Å². The van der Waals surface area contributed by atoms with E-state index in [1.54, 1.807) is 26.0 Å². The third kappa shape index (κ3) is 3.31. The summed E-state index contributed by atoms with van der Waals surface area (Å²) in [5.41, 5.74) is 0.516. The van der Waals surface area contributed by atoms with Gasteiger partial charge in [0.25, 0.3) is 0 Å². The van der Waals surface area contributed by atoms with Gasteiger partial charge in [-0.2, -0.15) is 4.98 Å². The molecule has 0 unspecified atom stereocenters. The van der Waals surface area contributed by atoms with Gasteiger partial charge in [-0.1, -0.05) is 15.9 Å². The molecular formula is C12H9Br2N3O3. The average molecular weight is 403 g/mol. The summed E-state index contributed by atoms with van der Waals surface area (Å²) >= 11 is 6.46. The van der Waals surface area contributed by atoms with Crippen LogP contribution < -0.4 is 4.74 Å². The second kappa shape index (κ2) is 5.84. The Balaban J connectivity index is 2.50. The Morgan fingerprint density at radius 2 is 1.90 bits per heavy atom. The van der Waals surface area contributed by atoms with Gasteiger partial charge in [-0.25, -0.2) is 4.98 Å². The smallest absolute Gasteiger partial charge is 0.313 e. The Morgan fingerprint density at radius 3 is 2.50 bits per heavy atom. The second-order valence-corrected chi connectivity index (χ2v) is 5.73. The molecule has 0 aliphatic carbocycles. The quantitative estimate of drug-likeness (QED) is 0.434. The highest BCUT2D eigenvalue weighted by atomic mass is 79.9. The van der Waals surface area contributed by atoms with Crippen LogP contribution in [0.4, 0.5) is 5.69 Å². The van der Waals surface area contributed by atoms with Crippen molar-refractivity contribution >= 4 is 37.5 Å². The first-order chi connectivity index (χ1) is 9.36. The predicted molar refractivity (Wildman–Crippen MR) is 80.1 cm³/mol. The van der Waals surface area contributed by atoms with Crippen molar-refractivity contribution in [2.24, 2.45) is 0 Å². The first-order valence-electron chi connectivity index (χ1n) is 5.50. The molecule has 1 aromatic carbocycles. The van der Waals surface area contributed by atoms with Gasteiger partial charge in [0.2, 0.25) is 11.6 Å². The highest BCUT2D eigenvalue weighted by Gasteiger charge is 2.20. The summed E-state index contributed by atoms with van der Waals surface area (Å²) < 4.78 is 6.75. The Bertz CT molecular complexity index is 672. The maximum Gasteiger partial charge on any atom is 0.313 e. The van der Waals surface area contributed by atoms with Crippen LogP contribution in [0.15, 0.2) is 27.3 Å². The van der Waals surface area contributed by atoms with Crippen molar-refractivity contribution in [1.82, 2.24) is 9.97 Å². The molecule has 0 N–H and O–H groups in total. The fourth-order valence-electron chi connectivity index (χ4n) is 1.64. The summed E-state index contributed by atoms with van der Waals surface area (Å²) in [6, 6.07) is 4.69. The molecule has 0 aliphatic heterocycles. The van der Waals surface area contributed by atoms with E-state index in [-0.39, 0.29) is 17.3 Å². The lowest BCUT2D eigenvalue weighted by Gasteiger charge is -2.09. The van der Waals surface area contributed by atoms with Crippen LogP contribution in [0.5, 0.6) is 11.6 Å². The maximum atomic E-state index is 11.1. The predicted octanol–water partition coefficient (Wildman–Crippen LogP) is 4.32. The van der Waals surface area contributed by atoms with Crippen molar-refractivity contribution < 1.29 is 9.66 Å². The van der Waals surface area contributed by atoms with Gasteiger partial charge in [0.1, 0.15) is 10.4 Å². The van der Waals surface area contributed by atoms with E-state index in [0.29, 0.717) is 20.5 Å². The number of rotatable bonds is 3. The minimum Gasteiger partial charge on any atom is -0.431 e. The molecule has 2 rings (SSSR count). The van der Waals surface area contributed by atoms with Crippen LogP contribution in [0.1, 0.15) is 11.4 Å². The molecule has 0 spiro atoms. The molecule has 0 bridgehead atoms. The molecule has 0 fully saturated rings. The fraction of sp³-hybridized carbons (Fsp3) is 0.167. The van der Waals surface area contributed by atoms with Crippen LogP contribution in [-0.4, -0.2) is 14.9 Å². The summed E-state index contributed by atoms with van der Waals surface area (Å²) in [6.45, 7) is 3.44. The van der Waals surface area contributed by atoms with Crippen molar-refractivity contribution in [2.45, 2.75) is 13.8 Å². The largest absolute Gasteiger partial charge is 0.431 e. The summed E-state index contributed by atoms with van der Waals surface area (Å²) in [5.74, 6) is 0.924. The van der Waals surface area contributed by atoms with Gasteiger partial charge < -0.3 is 4.74 Å². The molecule has 1 aromatic heterocycles. The number of nitrogens with zero attached hydrogens (tertiary/aromatic N) is 3. The molecule has 0 saturated carbocycles. The van der Waals surface area contributed by atoms with Gasteiger partial charge in [-0.15, -0.1) is 0 Å². The normalized spacial score (nSPS) is 10.4. The van der Waals surface area contributed by atoms with E-state index in [0.717, 1.165) is 0 Å². The van der Waals surface area contributed by atoms with E-state index in [4.69, 9.17) is 4.74 Å². The molecule has 20 heavy (non-hydrogen) atoms. The summed E-state index contributed by atoms with van der Waals surface area (Å²) in [6.07, 6.45) is 0. The minimum atomic E-state index is -0.490. The molecular weight excluding hydrogens is 394 g/mol. The van der Waals surface area contributed by atoms with Crippen molar-refractivity contribution in [3.05, 3.63) is 48.8 Å². The summed E-state index contributed by atoms with van der Waals surface area (Å²) in [5, 5.41) is 11.1. The fourth-order valence-corrected chi connectivity index (χ4v) is 2.66. The maximum absolute atomic E-state index is 11.1. The third-order valence-electron chi connectivity index (χ3n) is 2.41. The lowest BCUT2D eigenvalue weighted by molar-refractivity contribution is -0.385. The Hall–Kier alpha value is -1.54. The topological polar surface area (TPSA) is 78.2 Å². The van der Waals surface area contributed by atoms with Crippen LogP contribution in [0, 0.1) is 24.0 Å². The van der Waals surface area contributed by atoms with Crippen molar-refractivity contribution in [1.29, 1.82) is 0 Å². The molecule has 2 aromatic rings. The van der Waals surface area contributed by atoms with E-state index in [2.05, 4.69) is 41.8 Å². The van der Waals surface area contributed by atoms with Crippen molar-refractivity contribution in [3.8, 4) is 11.6 Å². The zero-order valence-electron chi connectivity index (χ0n) is 10.6. The van der Waals surface area contributed by atoms with E-state index >= 15 is 0 Å². The van der Waals surface area contributed by atoms with Gasteiger partial charge in [-0.05, 0) is 35.8 Å². The zero-order chi connectivity index (χ0) is 14.9. The van der Waals surface area contributed by atoms with Crippen LogP contribution >= 0.6 is 31.9 Å². The lowest BCUT2D eigenvalue weighted by atomic mass is 10.2. The average Bonchev–Trinajstić information content (AvgIpc) is 2.30. The van der Waals surface area contributed by atoms with Gasteiger partial charge >= 0.3 is 5.69 Å². The molecule has 0 radical (unpaired) electrons. The van der Waals surface area contributed by atoms with E-state index in [1.807, 2.05) is 0 Å². The first-order valence-corrected chi connectivity index (χ1v) is 7.09. The number of hydrogen-bond donors (Lipinski definition) is 0. The van der Waals surface area contributed by atoms with Crippen molar-refractivity contribution in [3.63, 3.8) is 0 Å². The third-order valence-corrected chi connectivity index (χ3v) is 3.27. The number of benzene rings is 1. The first kappa shape index (κ1) is 14.9. The molecule has 6 nitrogen and oxygen atoms in total. The highest BCUT2D eigenvalue weighted by Crippen LogP contribution is 2.36. The van der Waals surface area contributed by atoms with Gasteiger partial charge in [0.15, 0.2) is 0 Å². The molecule has 8 heteroatoms. The molecule has 0 aliphatic rings. The van der Waals surface area contributed by atoms with Gasteiger partial charge in [-0.3, -0.25) is 10.1 Å². The Kier molecular flexibility index (Phi) is 4.34. The zero-order valence-corrected chi connectivity index (χ0v) is 13.7. The van der Waals surface area contributed by atoms with Crippen LogP contribution in [0.25, 0.3) is 0 Å². The molecule has 0 saturated heterocycles. The van der Waals surface area contributed by atoms with Gasteiger partial charge in [0.05, 0.1) is 4.92 Å². The minimum absolute atomic E-state index is 0.121. The molecule has 0 amide bonds.